The summed E-state index contributed by atoms with van der Waals surface area (Å²) in [6, 6.07) is 10.9. The van der Waals surface area contributed by atoms with Crippen molar-refractivity contribution in [3.05, 3.63) is 58.7 Å². The van der Waals surface area contributed by atoms with E-state index >= 15 is 0 Å². The highest BCUT2D eigenvalue weighted by Crippen LogP contribution is 2.36. The molecule has 0 saturated carbocycles. The lowest BCUT2D eigenvalue weighted by molar-refractivity contribution is -0.113. The maximum Gasteiger partial charge on any atom is 0.255 e. The molecule has 2 aromatic rings. The fraction of sp³-hybridized carbons (Fsp3) is 0.423. The van der Waals surface area contributed by atoms with E-state index in [0.29, 0.717) is 36.9 Å². The van der Waals surface area contributed by atoms with Gasteiger partial charge in [-0.25, -0.2) is 0 Å². The number of phenols is 1. The van der Waals surface area contributed by atoms with Gasteiger partial charge in [0, 0.05) is 32.9 Å². The molecule has 2 aromatic carbocycles. The van der Waals surface area contributed by atoms with Crippen molar-refractivity contribution in [1.82, 2.24) is 5.32 Å². The third-order valence-corrected chi connectivity index (χ3v) is 5.30. The average molecular weight is 474 g/mol. The zero-order chi connectivity index (χ0) is 25.7. The Bertz CT molecular complexity index is 911. The van der Waals surface area contributed by atoms with E-state index in [1.54, 1.807) is 19.2 Å². The van der Waals surface area contributed by atoms with Gasteiger partial charge in [-0.1, -0.05) is 12.1 Å². The van der Waals surface area contributed by atoms with E-state index in [9.17, 15) is 20.1 Å². The number of hydrogen-bond donors (Lipinski definition) is 5. The van der Waals surface area contributed by atoms with Crippen molar-refractivity contribution in [2.45, 2.75) is 44.5 Å². The van der Waals surface area contributed by atoms with E-state index in [-0.39, 0.29) is 23.8 Å². The molecule has 8 nitrogen and oxygen atoms in total. The van der Waals surface area contributed by atoms with Crippen LogP contribution >= 0.6 is 0 Å². The van der Waals surface area contributed by atoms with Gasteiger partial charge in [0.05, 0.1) is 37.6 Å². The molecular weight excluding hydrogens is 438 g/mol. The zero-order valence-corrected chi connectivity index (χ0v) is 19.9. The number of rotatable bonds is 7. The molecule has 0 radical (unpaired) electrons. The Balaban J connectivity index is 0.00000137. The fourth-order valence-corrected chi connectivity index (χ4v) is 3.75. The lowest BCUT2D eigenvalue weighted by atomic mass is 9.91. The van der Waals surface area contributed by atoms with Crippen molar-refractivity contribution < 1.29 is 34.7 Å². The maximum absolute atomic E-state index is 12.6. The molecule has 1 aliphatic heterocycles. The van der Waals surface area contributed by atoms with Crippen LogP contribution in [0.1, 0.15) is 52.9 Å². The smallest absolute Gasteiger partial charge is 0.255 e. The van der Waals surface area contributed by atoms with Crippen LogP contribution in [-0.4, -0.2) is 65.9 Å². The summed E-state index contributed by atoms with van der Waals surface area (Å²) in [6.07, 6.45) is 7.59. The molecule has 8 heteroatoms. The molecule has 1 heterocycles. The number of aromatic hydroxyl groups is 1. The monoisotopic (exact) mass is 473 g/mol. The van der Waals surface area contributed by atoms with E-state index in [0.717, 1.165) is 18.4 Å². The molecule has 1 fully saturated rings. The number of hydrogen-bond acceptors (Lipinski definition) is 7. The van der Waals surface area contributed by atoms with Gasteiger partial charge in [0.1, 0.15) is 11.5 Å². The van der Waals surface area contributed by atoms with Crippen LogP contribution in [0, 0.1) is 12.8 Å². The summed E-state index contributed by atoms with van der Waals surface area (Å²) in [6.45, 7) is 2.05. The maximum atomic E-state index is 12.6. The first kappa shape index (κ1) is 28.9. The van der Waals surface area contributed by atoms with Crippen LogP contribution in [0.4, 0.5) is 0 Å². The van der Waals surface area contributed by atoms with Crippen LogP contribution in [0.2, 0.25) is 0 Å². The number of methoxy groups -OCH3 is 1. The van der Waals surface area contributed by atoms with E-state index in [1.807, 2.05) is 31.2 Å². The van der Waals surface area contributed by atoms with E-state index in [1.165, 1.54) is 0 Å². The first-order valence-electron chi connectivity index (χ1n) is 10.9. The van der Waals surface area contributed by atoms with Gasteiger partial charge in [-0.15, -0.1) is 12.8 Å². The van der Waals surface area contributed by atoms with Crippen LogP contribution in [-0.2, 0) is 11.2 Å². The van der Waals surface area contributed by atoms with Crippen LogP contribution in [0.5, 0.6) is 11.5 Å². The second-order valence-electron chi connectivity index (χ2n) is 7.52. The first-order valence-corrected chi connectivity index (χ1v) is 10.9. The number of aliphatic hydroxyl groups excluding tert-OH is 3. The zero-order valence-electron chi connectivity index (χ0n) is 19.9. The first-order chi connectivity index (χ1) is 16.4. The molecule has 5 N–H and O–H groups in total. The van der Waals surface area contributed by atoms with Crippen LogP contribution in [0.3, 0.4) is 0 Å². The number of aliphatic hydroxyl groups is 3. The number of phenolic OH excluding ortho intramolecular Hbond substituents is 1. The summed E-state index contributed by atoms with van der Waals surface area (Å²) in [5.74, 6) is 0.290. The van der Waals surface area contributed by atoms with Gasteiger partial charge in [-0.2, -0.15) is 0 Å². The molecule has 0 spiro atoms. The number of benzene rings is 2. The minimum absolute atomic E-state index is 0.0735. The van der Waals surface area contributed by atoms with Gasteiger partial charge >= 0.3 is 0 Å². The molecule has 3 rings (SSSR count). The Morgan fingerprint density at radius 3 is 2.38 bits per heavy atom. The van der Waals surface area contributed by atoms with Gasteiger partial charge in [-0.05, 0) is 47.9 Å². The number of nitrogens with one attached hydrogen (secondary N) is 1. The van der Waals surface area contributed by atoms with Crippen molar-refractivity contribution in [3.63, 3.8) is 0 Å². The summed E-state index contributed by atoms with van der Waals surface area (Å²) < 4.78 is 11.1. The van der Waals surface area contributed by atoms with Crippen LogP contribution < -0.4 is 10.1 Å². The lowest BCUT2D eigenvalue weighted by Crippen LogP contribution is -2.33. The highest BCUT2D eigenvalue weighted by Gasteiger charge is 2.30. The summed E-state index contributed by atoms with van der Waals surface area (Å²) in [5, 5.41) is 40.2. The highest BCUT2D eigenvalue weighted by atomic mass is 16.5. The normalized spacial score (nSPS) is 19.0. The topological polar surface area (TPSA) is 128 Å². The van der Waals surface area contributed by atoms with E-state index < -0.39 is 18.3 Å². The van der Waals surface area contributed by atoms with E-state index in [2.05, 4.69) is 18.2 Å². The van der Waals surface area contributed by atoms with Gasteiger partial charge in [0.25, 0.3) is 5.91 Å². The molecule has 1 aliphatic rings. The molecule has 0 aromatic heterocycles. The molecule has 0 aliphatic carbocycles. The standard InChI is InChI=1S/C23H29NO6.C2H2.CH4O/c1-3-24-23(28)20-10-15(21-12-17(26)11-19(13-25)30-21)9-16(22(20)27)8-14-4-6-18(29-2)7-5-14;2*1-2/h4-7,9-10,17,19,21,25-27H,3,8,11-13H2,1-2H3,(H,24,28);1-2H;2H,1H3/t17-,19-,21+;;/m0../s1. The largest absolute Gasteiger partial charge is 0.507 e. The van der Waals surface area contributed by atoms with Crippen LogP contribution in [0.25, 0.3) is 0 Å². The van der Waals surface area contributed by atoms with Crippen molar-refractivity contribution in [1.29, 1.82) is 0 Å². The fourth-order valence-electron chi connectivity index (χ4n) is 3.75. The average Bonchev–Trinajstić information content (AvgIpc) is 2.87. The Morgan fingerprint density at radius 2 is 1.82 bits per heavy atom. The number of terminal acetylenes is 1. The number of ether oxygens (including phenoxy) is 2. The predicted octanol–water partition coefficient (Wildman–Crippen LogP) is 2.17. The Kier molecular flexibility index (Phi) is 12.7. The number of carbonyl (C=O) groups excluding carboxylic acids is 1. The highest BCUT2D eigenvalue weighted by molar-refractivity contribution is 5.97. The van der Waals surface area contributed by atoms with Gasteiger partial charge in [0.15, 0.2) is 0 Å². The Morgan fingerprint density at radius 1 is 1.18 bits per heavy atom. The summed E-state index contributed by atoms with van der Waals surface area (Å²) in [7, 11) is 2.60. The summed E-state index contributed by atoms with van der Waals surface area (Å²) in [5.41, 5.74) is 2.39. The van der Waals surface area contributed by atoms with Crippen molar-refractivity contribution in [2.24, 2.45) is 0 Å². The molecule has 1 amide bonds. The molecular formula is C26H35NO7. The molecule has 34 heavy (non-hydrogen) atoms. The quantitative estimate of drug-likeness (QED) is 0.390. The van der Waals surface area contributed by atoms with Crippen molar-refractivity contribution in [3.8, 4) is 24.3 Å². The minimum Gasteiger partial charge on any atom is -0.507 e. The second kappa shape index (κ2) is 14.9. The van der Waals surface area contributed by atoms with Crippen molar-refractivity contribution in [2.75, 3.05) is 27.4 Å². The third kappa shape index (κ3) is 7.75. The Hall–Kier alpha value is -3.09. The van der Waals surface area contributed by atoms with Gasteiger partial charge in [-0.3, -0.25) is 4.79 Å². The van der Waals surface area contributed by atoms with Crippen LogP contribution in [0.15, 0.2) is 36.4 Å². The predicted molar refractivity (Wildman–Crippen MR) is 130 cm³/mol. The van der Waals surface area contributed by atoms with Crippen molar-refractivity contribution >= 4 is 5.91 Å². The SMILES string of the molecule is C#C.CCNC(=O)c1cc([C@H]2C[C@@H](O)C[C@@H](CO)O2)cc(Cc2ccc(OC)cc2)c1O.CO. The molecule has 3 atom stereocenters. The molecule has 1 saturated heterocycles. The van der Waals surface area contributed by atoms with Gasteiger partial charge < -0.3 is 35.2 Å². The Labute approximate surface area is 201 Å². The summed E-state index contributed by atoms with van der Waals surface area (Å²) in [4.78, 5) is 12.6. The molecule has 0 bridgehead atoms. The lowest BCUT2D eigenvalue weighted by Gasteiger charge is -2.33. The molecule has 0 unspecified atom stereocenters. The third-order valence-electron chi connectivity index (χ3n) is 5.30. The number of carbonyl (C=O) groups is 1. The second-order valence-corrected chi connectivity index (χ2v) is 7.52. The van der Waals surface area contributed by atoms with Gasteiger partial charge in [0.2, 0.25) is 0 Å². The minimum atomic E-state index is -0.604. The molecule has 186 valence electrons. The number of amides is 1. The van der Waals surface area contributed by atoms with E-state index in [4.69, 9.17) is 14.6 Å². The summed E-state index contributed by atoms with van der Waals surface area (Å²) >= 11 is 0.